The van der Waals surface area contributed by atoms with E-state index in [0.717, 1.165) is 37.3 Å². The Labute approximate surface area is 146 Å². The van der Waals surface area contributed by atoms with Gasteiger partial charge in [0.1, 0.15) is 5.82 Å². The molecular formula is C20H20N4O. The van der Waals surface area contributed by atoms with E-state index in [1.165, 1.54) is 5.56 Å². The monoisotopic (exact) mass is 332 g/mol. The quantitative estimate of drug-likeness (QED) is 0.798. The Kier molecular flexibility index (Phi) is 4.29. The molecule has 25 heavy (non-hydrogen) atoms. The first-order chi connectivity index (χ1) is 12.3. The van der Waals surface area contributed by atoms with Crippen LogP contribution in [0.2, 0.25) is 0 Å². The van der Waals surface area contributed by atoms with Crippen molar-refractivity contribution < 1.29 is 4.79 Å². The summed E-state index contributed by atoms with van der Waals surface area (Å²) in [4.78, 5) is 26.6. The van der Waals surface area contributed by atoms with Gasteiger partial charge in [-0.3, -0.25) is 9.78 Å². The van der Waals surface area contributed by atoms with Crippen molar-refractivity contribution in [3.05, 3.63) is 72.3 Å². The van der Waals surface area contributed by atoms with Crippen molar-refractivity contribution in [1.29, 1.82) is 0 Å². The minimum atomic E-state index is 0.0840. The van der Waals surface area contributed by atoms with Crippen molar-refractivity contribution in [3.8, 4) is 11.4 Å². The first kappa shape index (κ1) is 15.6. The summed E-state index contributed by atoms with van der Waals surface area (Å²) in [5, 5.41) is 0. The van der Waals surface area contributed by atoms with Crippen molar-refractivity contribution in [1.82, 2.24) is 19.9 Å². The molecule has 5 nitrogen and oxygen atoms in total. The molecule has 1 N–H and O–H groups in total. The van der Waals surface area contributed by atoms with E-state index in [-0.39, 0.29) is 5.91 Å². The molecule has 1 saturated heterocycles. The molecule has 0 bridgehead atoms. The summed E-state index contributed by atoms with van der Waals surface area (Å²) in [7, 11) is 0. The third-order valence-electron chi connectivity index (χ3n) is 4.73. The van der Waals surface area contributed by atoms with Crippen LogP contribution in [-0.4, -0.2) is 38.8 Å². The minimum Gasteiger partial charge on any atom is -0.345 e. The first-order valence-corrected chi connectivity index (χ1v) is 8.58. The highest BCUT2D eigenvalue weighted by molar-refractivity contribution is 6.00. The van der Waals surface area contributed by atoms with Gasteiger partial charge in [0.2, 0.25) is 0 Å². The molecule has 3 heterocycles. The number of aromatic amines is 1. The average Bonchev–Trinajstić information content (AvgIpc) is 3.34. The van der Waals surface area contributed by atoms with Crippen molar-refractivity contribution in [3.63, 3.8) is 0 Å². The van der Waals surface area contributed by atoms with Gasteiger partial charge in [0.15, 0.2) is 0 Å². The van der Waals surface area contributed by atoms with Crippen LogP contribution in [0.25, 0.3) is 11.4 Å². The molecule has 1 aromatic carbocycles. The number of amides is 1. The fraction of sp³-hybridized carbons (Fsp3) is 0.250. The summed E-state index contributed by atoms with van der Waals surface area (Å²) in [6.45, 7) is 1.59. The van der Waals surface area contributed by atoms with Crippen LogP contribution in [0, 0.1) is 5.92 Å². The second-order valence-corrected chi connectivity index (χ2v) is 6.45. The van der Waals surface area contributed by atoms with E-state index in [2.05, 4.69) is 21.0 Å². The average molecular weight is 332 g/mol. The smallest absolute Gasteiger partial charge is 0.254 e. The summed E-state index contributed by atoms with van der Waals surface area (Å²) >= 11 is 0. The van der Waals surface area contributed by atoms with Gasteiger partial charge in [-0.25, -0.2) is 4.98 Å². The van der Waals surface area contributed by atoms with Gasteiger partial charge in [0.25, 0.3) is 5.91 Å². The van der Waals surface area contributed by atoms with Gasteiger partial charge >= 0.3 is 0 Å². The lowest BCUT2D eigenvalue weighted by Crippen LogP contribution is -2.29. The molecule has 0 spiro atoms. The lowest BCUT2D eigenvalue weighted by Gasteiger charge is -2.18. The molecule has 1 atom stereocenters. The highest BCUT2D eigenvalue weighted by atomic mass is 16.2. The number of H-pyrrole nitrogens is 1. The van der Waals surface area contributed by atoms with Crippen LogP contribution in [0.3, 0.4) is 0 Å². The summed E-state index contributed by atoms with van der Waals surface area (Å²) in [5.74, 6) is 1.31. The van der Waals surface area contributed by atoms with Crippen LogP contribution in [0.4, 0.5) is 0 Å². The molecule has 1 unspecified atom stereocenters. The topological polar surface area (TPSA) is 61.9 Å². The summed E-state index contributed by atoms with van der Waals surface area (Å²) < 4.78 is 0. The van der Waals surface area contributed by atoms with Crippen LogP contribution in [0.15, 0.2) is 61.2 Å². The van der Waals surface area contributed by atoms with Gasteiger partial charge in [0, 0.05) is 43.4 Å². The number of benzene rings is 1. The number of carbonyl (C=O) groups excluding carboxylic acids is 1. The number of aromatic nitrogens is 3. The van der Waals surface area contributed by atoms with Crippen LogP contribution in [-0.2, 0) is 6.42 Å². The summed E-state index contributed by atoms with van der Waals surface area (Å²) in [6, 6.07) is 11.7. The second-order valence-electron chi connectivity index (χ2n) is 6.45. The maximum atomic E-state index is 13.0. The molecule has 1 aliphatic heterocycles. The summed E-state index contributed by atoms with van der Waals surface area (Å²) in [6.07, 6.45) is 9.18. The molecule has 0 aliphatic carbocycles. The maximum absolute atomic E-state index is 13.0. The van der Waals surface area contributed by atoms with Gasteiger partial charge in [-0.15, -0.1) is 0 Å². The van der Waals surface area contributed by atoms with Crippen LogP contribution >= 0.6 is 0 Å². The molecule has 0 saturated carbocycles. The predicted octanol–water partition coefficient (Wildman–Crippen LogP) is 3.18. The third kappa shape index (κ3) is 3.31. The molecule has 126 valence electrons. The van der Waals surface area contributed by atoms with Gasteiger partial charge in [-0.05, 0) is 36.5 Å². The van der Waals surface area contributed by atoms with Crippen LogP contribution in [0.5, 0.6) is 0 Å². The lowest BCUT2D eigenvalue weighted by molar-refractivity contribution is 0.0788. The van der Waals surface area contributed by atoms with Crippen molar-refractivity contribution >= 4 is 5.91 Å². The normalized spacial score (nSPS) is 17.0. The molecule has 3 aromatic rings. The SMILES string of the molecule is O=C(c1ccccc1-c1ncc[nH]1)N1CCC(Cc2cccnc2)C1. The van der Waals surface area contributed by atoms with E-state index in [0.29, 0.717) is 11.5 Å². The largest absolute Gasteiger partial charge is 0.345 e. The maximum Gasteiger partial charge on any atom is 0.254 e. The number of likely N-dealkylation sites (tertiary alicyclic amines) is 1. The minimum absolute atomic E-state index is 0.0840. The number of imidazole rings is 1. The summed E-state index contributed by atoms with van der Waals surface area (Å²) in [5.41, 5.74) is 2.80. The van der Waals surface area contributed by atoms with E-state index in [4.69, 9.17) is 0 Å². The Balaban J connectivity index is 1.49. The molecule has 4 rings (SSSR count). The Morgan fingerprint density at radius 2 is 2.12 bits per heavy atom. The van der Waals surface area contributed by atoms with E-state index in [1.54, 1.807) is 18.6 Å². The molecule has 2 aromatic heterocycles. The van der Waals surface area contributed by atoms with Gasteiger partial charge < -0.3 is 9.88 Å². The van der Waals surface area contributed by atoms with Crippen molar-refractivity contribution in [2.24, 2.45) is 5.92 Å². The van der Waals surface area contributed by atoms with Gasteiger partial charge in [-0.1, -0.05) is 24.3 Å². The van der Waals surface area contributed by atoms with E-state index >= 15 is 0 Å². The van der Waals surface area contributed by atoms with Crippen LogP contribution < -0.4 is 0 Å². The molecular weight excluding hydrogens is 312 g/mol. The molecule has 1 fully saturated rings. The van der Waals surface area contributed by atoms with E-state index in [9.17, 15) is 4.79 Å². The highest BCUT2D eigenvalue weighted by Crippen LogP contribution is 2.26. The number of nitrogens with zero attached hydrogens (tertiary/aromatic N) is 3. The van der Waals surface area contributed by atoms with Crippen molar-refractivity contribution in [2.45, 2.75) is 12.8 Å². The standard InChI is InChI=1S/C20H20N4O/c25-20(18-6-2-1-5-17(18)19-22-9-10-23-19)24-11-7-16(14-24)12-15-4-3-8-21-13-15/h1-6,8-10,13,16H,7,11-12,14H2,(H,22,23). The Morgan fingerprint density at radius 1 is 1.20 bits per heavy atom. The third-order valence-corrected chi connectivity index (χ3v) is 4.73. The van der Waals surface area contributed by atoms with E-state index in [1.807, 2.05) is 41.4 Å². The molecule has 1 amide bonds. The fourth-order valence-corrected chi connectivity index (χ4v) is 3.49. The van der Waals surface area contributed by atoms with Crippen molar-refractivity contribution in [2.75, 3.05) is 13.1 Å². The Hall–Kier alpha value is -2.95. The lowest BCUT2D eigenvalue weighted by atomic mass is 10.00. The molecule has 0 radical (unpaired) electrons. The number of rotatable bonds is 4. The number of nitrogens with one attached hydrogen (secondary N) is 1. The Bertz CT molecular complexity index is 845. The number of hydrogen-bond donors (Lipinski definition) is 1. The second kappa shape index (κ2) is 6.89. The van der Waals surface area contributed by atoms with E-state index < -0.39 is 0 Å². The highest BCUT2D eigenvalue weighted by Gasteiger charge is 2.28. The van der Waals surface area contributed by atoms with Crippen LogP contribution in [0.1, 0.15) is 22.3 Å². The number of carbonyl (C=O) groups is 1. The Morgan fingerprint density at radius 3 is 2.92 bits per heavy atom. The predicted molar refractivity (Wildman–Crippen MR) is 96.0 cm³/mol. The molecule has 5 heteroatoms. The zero-order valence-corrected chi connectivity index (χ0v) is 13.9. The number of pyridine rings is 1. The first-order valence-electron chi connectivity index (χ1n) is 8.58. The van der Waals surface area contributed by atoms with Gasteiger partial charge in [-0.2, -0.15) is 0 Å². The molecule has 1 aliphatic rings. The van der Waals surface area contributed by atoms with Gasteiger partial charge in [0.05, 0.1) is 5.56 Å². The number of hydrogen-bond acceptors (Lipinski definition) is 3. The zero-order chi connectivity index (χ0) is 17.1. The zero-order valence-electron chi connectivity index (χ0n) is 13.9. The fourth-order valence-electron chi connectivity index (χ4n) is 3.49.